The predicted molar refractivity (Wildman–Crippen MR) is 174 cm³/mol. The van der Waals surface area contributed by atoms with E-state index in [0.717, 1.165) is 31.6 Å². The average Bonchev–Trinajstić information content (AvgIpc) is 3.06. The molecule has 48 heavy (non-hydrogen) atoms. The summed E-state index contributed by atoms with van der Waals surface area (Å²) < 4.78 is 24.2. The summed E-state index contributed by atoms with van der Waals surface area (Å²) >= 11 is 4.61. The van der Waals surface area contributed by atoms with Gasteiger partial charge in [0.05, 0.1) is 26.4 Å². The molecule has 0 saturated heterocycles. The third-order valence-electron chi connectivity index (χ3n) is 5.69. The highest BCUT2D eigenvalue weighted by atomic mass is 35.5. The van der Waals surface area contributed by atoms with Gasteiger partial charge in [-0.25, -0.2) is 9.59 Å². The zero-order valence-electron chi connectivity index (χ0n) is 27.3. The Bertz CT molecular complexity index is 1650. The zero-order chi connectivity index (χ0) is 36.2. The SMILES string of the molecule is CC(=O)C(=CN(C)C)C(=O)COCc1ccccc1.COC(=O)C(=O)Cl.COC(=O)c1occ(C(C)=O)c(=O)c1OCc1ccccc1. The minimum absolute atomic E-state index is 0.0525. The van der Waals surface area contributed by atoms with Crippen LogP contribution in [0.3, 0.4) is 0 Å². The van der Waals surface area contributed by atoms with E-state index in [-0.39, 0.29) is 47.4 Å². The molecule has 3 rings (SSSR count). The second-order valence-corrected chi connectivity index (χ2v) is 10.0. The Labute approximate surface area is 282 Å². The lowest BCUT2D eigenvalue weighted by atomic mass is 10.1. The van der Waals surface area contributed by atoms with Gasteiger partial charge < -0.3 is 28.3 Å². The molecule has 13 nitrogen and oxygen atoms in total. The van der Waals surface area contributed by atoms with E-state index in [9.17, 15) is 33.6 Å². The van der Waals surface area contributed by atoms with E-state index in [1.54, 1.807) is 31.1 Å². The molecule has 0 spiro atoms. The molecule has 0 bridgehead atoms. The van der Waals surface area contributed by atoms with Crippen LogP contribution in [0.4, 0.5) is 0 Å². The predicted octanol–water partition coefficient (Wildman–Crippen LogP) is 3.94. The van der Waals surface area contributed by atoms with Crippen LogP contribution in [0, 0.1) is 0 Å². The molecule has 0 radical (unpaired) electrons. The number of benzene rings is 2. The second-order valence-electron chi connectivity index (χ2n) is 9.69. The largest absolute Gasteiger partial charge is 0.481 e. The van der Waals surface area contributed by atoms with Crippen molar-refractivity contribution in [3.63, 3.8) is 0 Å². The molecule has 14 heteroatoms. The molecule has 3 aromatic rings. The molecular weight excluding hydrogens is 650 g/mol. The summed E-state index contributed by atoms with van der Waals surface area (Å²) in [5, 5.41) is -1.09. The number of Topliss-reactive ketones (excluding diaryl/α,β-unsaturated/α-hetero) is 3. The number of methoxy groups -OCH3 is 2. The third kappa shape index (κ3) is 14.4. The van der Waals surface area contributed by atoms with Gasteiger partial charge in [0.25, 0.3) is 5.76 Å². The molecule has 0 aliphatic carbocycles. The number of halogens is 1. The summed E-state index contributed by atoms with van der Waals surface area (Å²) in [6, 6.07) is 18.7. The molecule has 0 saturated carbocycles. The smallest absolute Gasteiger partial charge is 0.391 e. The number of nitrogens with zero attached hydrogens (tertiary/aromatic N) is 1. The van der Waals surface area contributed by atoms with E-state index in [2.05, 4.69) is 21.1 Å². The lowest BCUT2D eigenvalue weighted by Crippen LogP contribution is -2.19. The minimum atomic E-state index is -1.09. The van der Waals surface area contributed by atoms with Gasteiger partial charge in [-0.05, 0) is 36.6 Å². The average molecular weight is 686 g/mol. The summed E-state index contributed by atoms with van der Waals surface area (Å²) in [7, 11) is 5.77. The fourth-order valence-corrected chi connectivity index (χ4v) is 3.48. The molecule has 0 atom stereocenters. The molecule has 0 amide bonds. The lowest BCUT2D eigenvalue weighted by Gasteiger charge is -2.09. The minimum Gasteiger partial charge on any atom is -0.481 e. The van der Waals surface area contributed by atoms with Crippen LogP contribution in [0.15, 0.2) is 87.9 Å². The Balaban J connectivity index is 0.000000405. The monoisotopic (exact) mass is 685 g/mol. The summed E-state index contributed by atoms with van der Waals surface area (Å²) in [4.78, 5) is 79.7. The van der Waals surface area contributed by atoms with Crippen molar-refractivity contribution in [3.05, 3.63) is 111 Å². The van der Waals surface area contributed by atoms with E-state index >= 15 is 0 Å². The second kappa shape index (κ2) is 21.4. The van der Waals surface area contributed by atoms with Crippen LogP contribution in [0.25, 0.3) is 0 Å². The Hall–Kier alpha value is -5.40. The van der Waals surface area contributed by atoms with Gasteiger partial charge in [0.1, 0.15) is 25.0 Å². The summed E-state index contributed by atoms with van der Waals surface area (Å²) in [5.74, 6) is -3.59. The summed E-state index contributed by atoms with van der Waals surface area (Å²) in [6.45, 7) is 2.93. The fourth-order valence-electron chi connectivity index (χ4n) is 3.40. The van der Waals surface area contributed by atoms with Gasteiger partial charge in [-0.15, -0.1) is 0 Å². The van der Waals surface area contributed by atoms with Crippen molar-refractivity contribution in [2.24, 2.45) is 0 Å². The van der Waals surface area contributed by atoms with Crippen molar-refractivity contribution < 1.29 is 52.1 Å². The van der Waals surface area contributed by atoms with Crippen molar-refractivity contribution in [2.45, 2.75) is 27.1 Å². The first-order valence-corrected chi connectivity index (χ1v) is 14.3. The molecule has 0 unspecified atom stereocenters. The van der Waals surface area contributed by atoms with Crippen molar-refractivity contribution in [3.8, 4) is 5.75 Å². The highest BCUT2D eigenvalue weighted by Gasteiger charge is 2.24. The highest BCUT2D eigenvalue weighted by Crippen LogP contribution is 2.18. The number of ketones is 3. The van der Waals surface area contributed by atoms with Crippen LogP contribution in [0.5, 0.6) is 5.75 Å². The first-order valence-electron chi connectivity index (χ1n) is 14.0. The van der Waals surface area contributed by atoms with Gasteiger partial charge in [-0.2, -0.15) is 0 Å². The lowest BCUT2D eigenvalue weighted by molar-refractivity contribution is -0.148. The van der Waals surface area contributed by atoms with E-state index in [1.807, 2.05) is 48.5 Å². The molecule has 1 heterocycles. The van der Waals surface area contributed by atoms with Gasteiger partial charge in [-0.3, -0.25) is 24.0 Å². The molecule has 1 aromatic heterocycles. The first kappa shape index (κ1) is 40.6. The third-order valence-corrected chi connectivity index (χ3v) is 5.84. The van der Waals surface area contributed by atoms with E-state index in [4.69, 9.17) is 13.9 Å². The van der Waals surface area contributed by atoms with E-state index < -0.39 is 28.4 Å². The van der Waals surface area contributed by atoms with Crippen molar-refractivity contribution >= 4 is 46.1 Å². The number of esters is 2. The van der Waals surface area contributed by atoms with Crippen LogP contribution in [0.1, 0.15) is 45.9 Å². The number of ether oxygens (including phenoxy) is 4. The molecule has 256 valence electrons. The van der Waals surface area contributed by atoms with Crippen LogP contribution >= 0.6 is 11.6 Å². The normalized spacial score (nSPS) is 10.2. The topological polar surface area (TPSA) is 173 Å². The number of carbonyl (C=O) groups excluding carboxylic acids is 6. The van der Waals surface area contributed by atoms with Gasteiger partial charge in [0.2, 0.25) is 11.2 Å². The Morgan fingerprint density at radius 2 is 1.38 bits per heavy atom. The number of carbonyl (C=O) groups is 6. The Morgan fingerprint density at radius 1 is 0.833 bits per heavy atom. The zero-order valence-corrected chi connectivity index (χ0v) is 28.0. The molecule has 2 aromatic carbocycles. The van der Waals surface area contributed by atoms with Crippen LogP contribution in [-0.2, 0) is 46.6 Å². The molecule has 0 aliphatic heterocycles. The highest BCUT2D eigenvalue weighted by molar-refractivity contribution is 6.80. The van der Waals surface area contributed by atoms with Gasteiger partial charge in [0, 0.05) is 20.3 Å². The number of rotatable bonds is 13. The molecular formula is C34H36ClNO12. The number of hydrogen-bond donors (Lipinski definition) is 0. The first-order chi connectivity index (χ1) is 22.7. The van der Waals surface area contributed by atoms with Gasteiger partial charge >= 0.3 is 17.2 Å². The molecule has 0 fully saturated rings. The Kier molecular flexibility index (Phi) is 18.1. The van der Waals surface area contributed by atoms with Gasteiger partial charge in [0.15, 0.2) is 17.3 Å². The van der Waals surface area contributed by atoms with Crippen molar-refractivity contribution in [1.82, 2.24) is 4.90 Å². The maximum Gasteiger partial charge on any atom is 0.391 e. The quantitative estimate of drug-likeness (QED) is 0.0482. The van der Waals surface area contributed by atoms with E-state index in [1.165, 1.54) is 20.0 Å². The number of hydrogen-bond acceptors (Lipinski definition) is 13. The molecule has 0 aliphatic rings. The van der Waals surface area contributed by atoms with Gasteiger partial charge in [-0.1, -0.05) is 60.7 Å². The van der Waals surface area contributed by atoms with Crippen molar-refractivity contribution in [1.29, 1.82) is 0 Å². The maximum atomic E-state index is 12.3. The van der Waals surface area contributed by atoms with Crippen LogP contribution in [-0.4, -0.2) is 74.4 Å². The van der Waals surface area contributed by atoms with Crippen LogP contribution < -0.4 is 10.2 Å². The maximum absolute atomic E-state index is 12.3. The Morgan fingerprint density at radius 3 is 1.79 bits per heavy atom. The standard InChI is InChI=1S/C16H14O6.C15H19NO3.C3H3ClO3/c1-10(17)12-9-22-15(16(19)20-2)14(13(12)18)21-8-11-6-4-3-5-7-11;1-12(17)14(9-16(2)3)15(18)11-19-10-13-7-5-4-6-8-13;1-7-3(6)2(4)5/h3-7,9H,8H2,1-2H3;4-9H,10-11H2,1-3H3;1H3. The van der Waals surface area contributed by atoms with Crippen molar-refractivity contribution in [2.75, 3.05) is 34.9 Å². The summed E-state index contributed by atoms with van der Waals surface area (Å²) in [6.07, 6.45) is 2.46. The summed E-state index contributed by atoms with van der Waals surface area (Å²) in [5.41, 5.74) is 1.08. The van der Waals surface area contributed by atoms with E-state index in [0.29, 0.717) is 6.61 Å². The fraction of sp³-hybridized carbons (Fsp3) is 0.265. The van der Waals surface area contributed by atoms with Crippen LogP contribution in [0.2, 0.25) is 0 Å². The molecule has 0 N–H and O–H groups in total.